The molecule has 8 heterocycles. The Hall–Kier alpha value is -7.72. The van der Waals surface area contributed by atoms with E-state index in [4.69, 9.17) is 19.5 Å². The number of benzene rings is 2. The zero-order valence-corrected chi connectivity index (χ0v) is 53.4. The van der Waals surface area contributed by atoms with Gasteiger partial charge in [-0.05, 0) is 95.7 Å². The highest BCUT2D eigenvalue weighted by Crippen LogP contribution is 2.42. The number of piperazine rings is 2. The molecule has 2 aromatic carbocycles. The number of carboxylic acids is 2. The first-order valence-electron chi connectivity index (χ1n) is 29.6. The summed E-state index contributed by atoms with van der Waals surface area (Å²) in [6.07, 6.45) is 3.33. The number of aromatic nitrogens is 2. The van der Waals surface area contributed by atoms with Gasteiger partial charge in [-0.3, -0.25) is 29.4 Å². The van der Waals surface area contributed by atoms with E-state index in [1.165, 1.54) is 39.7 Å². The molecule has 23 nitrogen and oxygen atoms in total. The largest absolute Gasteiger partial charge is 0.481 e. The van der Waals surface area contributed by atoms with Crippen LogP contribution in [0.5, 0.6) is 0 Å². The van der Waals surface area contributed by atoms with Crippen LogP contribution in [0.1, 0.15) is 99.7 Å². The number of carboxylic acid groups (broad SMARTS) is 2. The quantitative estimate of drug-likeness (QED) is 0.0595. The highest BCUT2D eigenvalue weighted by atomic mass is 32.1. The van der Waals surface area contributed by atoms with Gasteiger partial charge in [-0.25, -0.2) is 37.9 Å². The fourth-order valence-electron chi connectivity index (χ4n) is 12.5. The minimum Gasteiger partial charge on any atom is -0.481 e. The second-order valence-electron chi connectivity index (χ2n) is 24.8. The summed E-state index contributed by atoms with van der Waals surface area (Å²) in [5.74, 6) is -2.92. The number of ether oxygens (including phenoxy) is 2. The Morgan fingerprint density at radius 2 is 1.11 bits per heavy atom. The Bertz CT molecular complexity index is 3500. The van der Waals surface area contributed by atoms with E-state index in [-0.39, 0.29) is 76.1 Å². The van der Waals surface area contributed by atoms with E-state index >= 15 is 0 Å². The molecule has 4 saturated heterocycles. The molecule has 4 aromatic rings. The van der Waals surface area contributed by atoms with Crippen LogP contribution in [0.4, 0.5) is 18.4 Å². The molecule has 4 atom stereocenters. The van der Waals surface area contributed by atoms with Crippen LogP contribution in [-0.2, 0) is 28.7 Å². The number of aliphatic hydroxyl groups is 1. The molecule has 4 amide bonds. The fraction of sp³-hybridized carbons (Fsp3) is 0.516. The van der Waals surface area contributed by atoms with E-state index in [1.54, 1.807) is 102 Å². The Morgan fingerprint density at radius 3 is 1.53 bits per heavy atom. The minimum absolute atomic E-state index is 0.00142. The highest BCUT2D eigenvalue weighted by molar-refractivity contribution is 7.12. The number of amides is 4. The lowest BCUT2D eigenvalue weighted by Crippen LogP contribution is -2.64. The molecule has 0 bridgehead atoms. The molecule has 2 aromatic heterocycles. The van der Waals surface area contributed by atoms with E-state index in [9.17, 15) is 52.9 Å². The maximum absolute atomic E-state index is 14.8. The van der Waals surface area contributed by atoms with Gasteiger partial charge in [0.15, 0.2) is 21.7 Å². The summed E-state index contributed by atoms with van der Waals surface area (Å²) in [6.45, 7) is 20.9. The van der Waals surface area contributed by atoms with Crippen molar-refractivity contribution in [3.05, 3.63) is 126 Å². The number of aliphatic imine (C=N–C) groups is 2. The summed E-state index contributed by atoms with van der Waals surface area (Å²) in [7, 11) is 0. The van der Waals surface area contributed by atoms with Crippen molar-refractivity contribution in [1.82, 2.24) is 50.0 Å². The third-order valence-electron chi connectivity index (χ3n) is 17.5. The number of esters is 2. The lowest BCUT2D eigenvalue weighted by molar-refractivity contribution is -0.148. The monoisotopic (exact) mass is 1270 g/mol. The van der Waals surface area contributed by atoms with E-state index in [0.29, 0.717) is 107 Å². The number of nitrogens with zero attached hydrogens (tertiary/aromatic N) is 10. The number of urea groups is 2. The highest BCUT2D eigenvalue weighted by Gasteiger charge is 2.56. The van der Waals surface area contributed by atoms with E-state index in [2.05, 4.69) is 39.3 Å². The lowest BCUT2D eigenvalue weighted by atomic mass is 9.83. The first-order chi connectivity index (χ1) is 42.2. The summed E-state index contributed by atoms with van der Waals surface area (Å²) >= 11 is 2.77. The summed E-state index contributed by atoms with van der Waals surface area (Å²) in [5, 5.41) is 41.5. The summed E-state index contributed by atoms with van der Waals surface area (Å²) in [5.41, 5.74) is -0.294. The zero-order valence-electron chi connectivity index (χ0n) is 51.8. The number of halogens is 2. The van der Waals surface area contributed by atoms with Gasteiger partial charge in [0.1, 0.15) is 23.7 Å². The van der Waals surface area contributed by atoms with Gasteiger partial charge >= 0.3 is 35.9 Å². The third-order valence-corrected chi connectivity index (χ3v) is 19.1. The second kappa shape index (κ2) is 26.4. The van der Waals surface area contributed by atoms with Gasteiger partial charge in [0.25, 0.3) is 0 Å². The van der Waals surface area contributed by atoms with Crippen LogP contribution >= 0.6 is 22.7 Å². The molecule has 6 aliphatic heterocycles. The first-order valence-corrected chi connectivity index (χ1v) is 31.4. The van der Waals surface area contributed by atoms with E-state index < -0.39 is 69.5 Å². The molecule has 4 unspecified atom stereocenters. The smallest absolute Gasteiger partial charge is 0.338 e. The van der Waals surface area contributed by atoms with Crippen LogP contribution in [-0.4, -0.2) is 212 Å². The van der Waals surface area contributed by atoms with Crippen molar-refractivity contribution in [3.63, 3.8) is 0 Å². The molecule has 0 radical (unpaired) electrons. The molecule has 0 aliphatic carbocycles. The number of carbonyl (C=O) groups excluding carboxylic acids is 4. The van der Waals surface area contributed by atoms with Crippen molar-refractivity contribution in [2.75, 3.05) is 98.4 Å². The van der Waals surface area contributed by atoms with Crippen molar-refractivity contribution in [1.29, 1.82) is 0 Å². The molecule has 89 heavy (non-hydrogen) atoms. The summed E-state index contributed by atoms with van der Waals surface area (Å²) < 4.78 is 40.6. The van der Waals surface area contributed by atoms with Crippen LogP contribution in [0.25, 0.3) is 0 Å². The second-order valence-corrected chi connectivity index (χ2v) is 26.6. The predicted molar refractivity (Wildman–Crippen MR) is 329 cm³/mol. The molecule has 4 fully saturated rings. The SMILES string of the molecule is CCOC(=O)C1=C(CN2CCN3C(=O)N(CC(C)(C)C(=O)O)CC3(C(C)C)C2)NC(c2nccs2)=NC1c1cccc(F)c1C.CCOC(=O)C1=C(CN2CCN3C(=O)N(CC(C)(C)C(=O)O)CC3(CO)C2)NC(c2nccs2)=NC1c1cccc(F)c1C. The number of fused-ring (bicyclic) bond motifs is 2. The standard InChI is InChI=1S/C32H41FN6O5S.C30H37FN6O6S/c1-7-44-28(40)24-23(35-26(27-34-11-14-45-27)36-25(24)21-9-8-10-22(33)20(21)4)15-37-12-13-39-30(43)38(16-31(5,6)29(41)42)18-32(39,17-37)19(2)3;1-5-43-26(39)22-21(33-24(25-32-9-12-44-25)34-23(22)19-7-6-8-20(31)18(19)2)13-35-10-11-37-28(42)36(14-29(3,4)27(40)41)16-30(37,15-35)17-38/h8-11,14,19,25H,7,12-13,15-18H2,1-6H3,(H,35,36)(H,41,42);6-9,12,23,38H,5,10-11,13-17H2,1-4H3,(H,33,34)(H,40,41). The van der Waals surface area contributed by atoms with Crippen molar-refractivity contribution in [3.8, 4) is 0 Å². The maximum atomic E-state index is 14.8. The number of aliphatic carboxylic acids is 2. The van der Waals surface area contributed by atoms with Crippen molar-refractivity contribution in [2.24, 2.45) is 26.7 Å². The molecule has 478 valence electrons. The van der Waals surface area contributed by atoms with Crippen LogP contribution in [0, 0.1) is 42.2 Å². The molecule has 27 heteroatoms. The maximum Gasteiger partial charge on any atom is 0.338 e. The van der Waals surface area contributed by atoms with Crippen molar-refractivity contribution >= 4 is 70.3 Å². The lowest BCUT2D eigenvalue weighted by Gasteiger charge is -2.48. The molecule has 0 saturated carbocycles. The Morgan fingerprint density at radius 1 is 0.674 bits per heavy atom. The number of aliphatic hydroxyl groups excluding tert-OH is 1. The number of rotatable bonds is 20. The van der Waals surface area contributed by atoms with Gasteiger partial charge in [-0.2, -0.15) is 0 Å². The average molecular weight is 1270 g/mol. The predicted octanol–water partition coefficient (Wildman–Crippen LogP) is 6.45. The van der Waals surface area contributed by atoms with Gasteiger partial charge in [0, 0.05) is 113 Å². The zero-order chi connectivity index (χ0) is 64.5. The number of thiazole rings is 2. The van der Waals surface area contributed by atoms with Crippen LogP contribution < -0.4 is 10.6 Å². The topological polar surface area (TPSA) is 276 Å². The molecular formula is C62H78F2N12O11S2. The van der Waals surface area contributed by atoms with Gasteiger partial charge in [0.2, 0.25) is 0 Å². The summed E-state index contributed by atoms with van der Waals surface area (Å²) in [6, 6.07) is 7.30. The first kappa shape index (κ1) is 65.7. The normalized spacial score (nSPS) is 22.5. The molecular weight excluding hydrogens is 1190 g/mol. The number of hydrogen-bond acceptors (Lipinski definition) is 19. The third kappa shape index (κ3) is 13.2. The fourth-order valence-corrected chi connectivity index (χ4v) is 13.7. The molecule has 5 N–H and O–H groups in total. The number of carbonyl (C=O) groups is 6. The van der Waals surface area contributed by atoms with Crippen LogP contribution in [0.3, 0.4) is 0 Å². The van der Waals surface area contributed by atoms with Gasteiger partial charge in [-0.1, -0.05) is 38.1 Å². The Labute approximate surface area is 523 Å². The number of amidine groups is 2. The van der Waals surface area contributed by atoms with Gasteiger partial charge < -0.3 is 55.0 Å². The van der Waals surface area contributed by atoms with Crippen LogP contribution in [0.2, 0.25) is 0 Å². The van der Waals surface area contributed by atoms with Crippen LogP contribution in [0.15, 0.2) is 92.1 Å². The Kier molecular flexibility index (Phi) is 19.5. The van der Waals surface area contributed by atoms with E-state index in [0.717, 1.165) is 0 Å². The molecule has 6 aliphatic rings. The number of hydrogen-bond donors (Lipinski definition) is 5. The van der Waals surface area contributed by atoms with Gasteiger partial charge in [-0.15, -0.1) is 22.7 Å². The van der Waals surface area contributed by atoms with Crippen molar-refractivity contribution < 1.29 is 62.3 Å². The summed E-state index contributed by atoms with van der Waals surface area (Å²) in [4.78, 5) is 107. The minimum atomic E-state index is -1.17. The van der Waals surface area contributed by atoms with E-state index in [1.807, 2.05) is 20.6 Å². The molecule has 10 rings (SSSR count). The van der Waals surface area contributed by atoms with Gasteiger partial charge in [0.05, 0.1) is 52.9 Å². The average Bonchev–Trinajstić information content (AvgIpc) is 3.50. The van der Waals surface area contributed by atoms with Crippen molar-refractivity contribution in [2.45, 2.75) is 92.4 Å². The molecule has 0 spiro atoms. The Balaban J connectivity index is 0.000000211. The number of nitrogens with one attached hydrogen (secondary N) is 2.